The Bertz CT molecular complexity index is 809. The zero-order valence-corrected chi connectivity index (χ0v) is 16.1. The van der Waals surface area contributed by atoms with Crippen molar-refractivity contribution < 1.29 is 9.21 Å². The Kier molecular flexibility index (Phi) is 5.53. The summed E-state index contributed by atoms with van der Waals surface area (Å²) >= 11 is 0. The van der Waals surface area contributed by atoms with Crippen LogP contribution in [0.15, 0.2) is 16.5 Å². The van der Waals surface area contributed by atoms with E-state index in [1.54, 1.807) is 6.07 Å². The van der Waals surface area contributed by atoms with Gasteiger partial charge in [0.25, 0.3) is 5.91 Å². The van der Waals surface area contributed by atoms with Gasteiger partial charge in [0.15, 0.2) is 5.76 Å². The maximum atomic E-state index is 12.3. The largest absolute Gasteiger partial charge is 0.455 e. The van der Waals surface area contributed by atoms with Crippen molar-refractivity contribution >= 4 is 5.91 Å². The number of nitrogens with one attached hydrogen (secondary N) is 1. The van der Waals surface area contributed by atoms with Crippen LogP contribution in [-0.2, 0) is 25.8 Å². The molecule has 1 N–H and O–H groups in total. The number of aromatic nitrogens is 2. The predicted octanol–water partition coefficient (Wildman–Crippen LogP) is 2.83. The van der Waals surface area contributed by atoms with Crippen LogP contribution in [0.2, 0.25) is 0 Å². The van der Waals surface area contributed by atoms with Gasteiger partial charge in [-0.25, -0.2) is 9.97 Å². The van der Waals surface area contributed by atoms with Gasteiger partial charge >= 0.3 is 0 Å². The molecule has 0 spiro atoms. The zero-order valence-electron chi connectivity index (χ0n) is 16.1. The number of amides is 1. The average molecular weight is 368 g/mol. The van der Waals surface area contributed by atoms with Gasteiger partial charge in [0.2, 0.25) is 0 Å². The fourth-order valence-corrected chi connectivity index (χ4v) is 4.08. The van der Waals surface area contributed by atoms with Gasteiger partial charge in [0.05, 0.1) is 6.54 Å². The highest BCUT2D eigenvalue weighted by atomic mass is 16.4. The summed E-state index contributed by atoms with van der Waals surface area (Å²) in [6.07, 6.45) is 7.71. The zero-order chi connectivity index (χ0) is 18.6. The van der Waals surface area contributed by atoms with Gasteiger partial charge in [0, 0.05) is 24.4 Å². The topological polar surface area (TPSA) is 71.3 Å². The second-order valence-corrected chi connectivity index (χ2v) is 7.61. The average Bonchev–Trinajstić information content (AvgIpc) is 3.34. The van der Waals surface area contributed by atoms with E-state index in [-0.39, 0.29) is 5.91 Å². The molecule has 2 aliphatic rings. The molecule has 2 aromatic rings. The van der Waals surface area contributed by atoms with E-state index >= 15 is 0 Å². The van der Waals surface area contributed by atoms with Crippen LogP contribution in [0.3, 0.4) is 0 Å². The van der Waals surface area contributed by atoms with E-state index in [2.05, 4.69) is 22.1 Å². The normalized spacial score (nSPS) is 17.1. The van der Waals surface area contributed by atoms with Crippen LogP contribution in [-0.4, -0.2) is 40.4 Å². The molecular formula is C21H28N4O2. The number of furan rings is 1. The van der Waals surface area contributed by atoms with Gasteiger partial charge in [-0.05, 0) is 76.2 Å². The summed E-state index contributed by atoms with van der Waals surface area (Å²) in [7, 11) is 0. The van der Waals surface area contributed by atoms with E-state index in [1.165, 1.54) is 36.9 Å². The summed E-state index contributed by atoms with van der Waals surface area (Å²) < 4.78 is 5.72. The summed E-state index contributed by atoms with van der Waals surface area (Å²) in [4.78, 5) is 24.0. The van der Waals surface area contributed by atoms with Crippen molar-refractivity contribution in [1.29, 1.82) is 0 Å². The molecule has 1 aliphatic carbocycles. The van der Waals surface area contributed by atoms with Crippen LogP contribution in [0.5, 0.6) is 0 Å². The lowest BCUT2D eigenvalue weighted by molar-refractivity contribution is 0.0923. The minimum Gasteiger partial charge on any atom is -0.455 e. The molecule has 0 aromatic carbocycles. The van der Waals surface area contributed by atoms with Crippen molar-refractivity contribution in [2.45, 2.75) is 58.4 Å². The maximum absolute atomic E-state index is 12.3. The Labute approximate surface area is 160 Å². The molecule has 0 bridgehead atoms. The van der Waals surface area contributed by atoms with E-state index in [0.717, 1.165) is 49.8 Å². The molecule has 2 aromatic heterocycles. The molecule has 1 amide bonds. The van der Waals surface area contributed by atoms with Crippen LogP contribution in [0.4, 0.5) is 0 Å². The van der Waals surface area contributed by atoms with Crippen LogP contribution in [0.1, 0.15) is 64.8 Å². The Balaban J connectivity index is 1.29. The highest BCUT2D eigenvalue weighted by Gasteiger charge is 2.17. The Hall–Kier alpha value is -2.21. The molecule has 0 atom stereocenters. The van der Waals surface area contributed by atoms with Crippen molar-refractivity contribution in [2.75, 3.05) is 19.6 Å². The van der Waals surface area contributed by atoms with Gasteiger partial charge in [-0.2, -0.15) is 0 Å². The summed E-state index contributed by atoms with van der Waals surface area (Å²) in [5, 5.41) is 2.93. The number of hydrogen-bond acceptors (Lipinski definition) is 5. The van der Waals surface area contributed by atoms with Crippen molar-refractivity contribution in [3.8, 4) is 0 Å². The molecule has 4 rings (SSSR count). The molecule has 27 heavy (non-hydrogen) atoms. The molecule has 6 nitrogen and oxygen atoms in total. The maximum Gasteiger partial charge on any atom is 0.287 e. The standard InChI is InChI=1S/C21H28N4O2/c1-15-17-6-2-3-7-18(17)24-20(23-15)10-11-22-21(26)19-9-8-16(27-19)14-25-12-4-5-13-25/h8-9H,2-7,10-14H2,1H3,(H,22,26). The fourth-order valence-electron chi connectivity index (χ4n) is 4.08. The molecule has 0 radical (unpaired) electrons. The molecule has 1 fully saturated rings. The molecule has 0 unspecified atom stereocenters. The number of rotatable bonds is 6. The third-order valence-corrected chi connectivity index (χ3v) is 5.53. The molecular weight excluding hydrogens is 340 g/mol. The lowest BCUT2D eigenvalue weighted by Gasteiger charge is -2.17. The summed E-state index contributed by atoms with van der Waals surface area (Å²) in [5.41, 5.74) is 3.63. The monoisotopic (exact) mass is 368 g/mol. The number of likely N-dealkylation sites (tertiary alicyclic amines) is 1. The highest BCUT2D eigenvalue weighted by molar-refractivity contribution is 5.91. The second kappa shape index (κ2) is 8.21. The Morgan fingerprint density at radius 2 is 1.96 bits per heavy atom. The van der Waals surface area contributed by atoms with E-state index < -0.39 is 0 Å². The predicted molar refractivity (Wildman–Crippen MR) is 103 cm³/mol. The van der Waals surface area contributed by atoms with Crippen LogP contribution in [0, 0.1) is 6.92 Å². The number of fused-ring (bicyclic) bond motifs is 1. The Morgan fingerprint density at radius 3 is 2.81 bits per heavy atom. The minimum atomic E-state index is -0.169. The van der Waals surface area contributed by atoms with Gasteiger partial charge in [-0.1, -0.05) is 0 Å². The fraction of sp³-hybridized carbons (Fsp3) is 0.571. The van der Waals surface area contributed by atoms with E-state index in [9.17, 15) is 4.79 Å². The van der Waals surface area contributed by atoms with Gasteiger partial charge < -0.3 is 9.73 Å². The molecule has 0 saturated carbocycles. The first-order chi connectivity index (χ1) is 13.2. The highest BCUT2D eigenvalue weighted by Crippen LogP contribution is 2.21. The van der Waals surface area contributed by atoms with Gasteiger partial charge in [-0.3, -0.25) is 9.69 Å². The molecule has 6 heteroatoms. The van der Waals surface area contributed by atoms with Crippen molar-refractivity contribution in [3.05, 3.63) is 46.4 Å². The molecule has 1 aliphatic heterocycles. The Morgan fingerprint density at radius 1 is 1.15 bits per heavy atom. The lowest BCUT2D eigenvalue weighted by Crippen LogP contribution is -2.26. The number of nitrogens with zero attached hydrogens (tertiary/aromatic N) is 3. The number of aryl methyl sites for hydroxylation is 2. The van der Waals surface area contributed by atoms with Gasteiger partial charge in [-0.15, -0.1) is 0 Å². The number of hydrogen-bond donors (Lipinski definition) is 1. The molecule has 144 valence electrons. The molecule has 3 heterocycles. The van der Waals surface area contributed by atoms with Crippen LogP contribution >= 0.6 is 0 Å². The van der Waals surface area contributed by atoms with Crippen LogP contribution < -0.4 is 5.32 Å². The lowest BCUT2D eigenvalue weighted by atomic mass is 9.95. The van der Waals surface area contributed by atoms with Crippen molar-refractivity contribution in [2.24, 2.45) is 0 Å². The van der Waals surface area contributed by atoms with E-state index in [1.807, 2.05) is 6.07 Å². The van der Waals surface area contributed by atoms with Crippen LogP contribution in [0.25, 0.3) is 0 Å². The summed E-state index contributed by atoms with van der Waals surface area (Å²) in [6.45, 7) is 5.60. The first kappa shape index (κ1) is 18.2. The third-order valence-electron chi connectivity index (χ3n) is 5.53. The SMILES string of the molecule is Cc1nc(CCNC(=O)c2ccc(CN3CCCC3)o2)nc2c1CCCC2. The van der Waals surface area contributed by atoms with E-state index in [0.29, 0.717) is 18.7 Å². The number of carbonyl (C=O) groups excluding carboxylic acids is 1. The van der Waals surface area contributed by atoms with E-state index in [4.69, 9.17) is 9.40 Å². The number of carbonyl (C=O) groups is 1. The second-order valence-electron chi connectivity index (χ2n) is 7.61. The first-order valence-corrected chi connectivity index (χ1v) is 10.1. The quantitative estimate of drug-likeness (QED) is 0.849. The van der Waals surface area contributed by atoms with Gasteiger partial charge in [0.1, 0.15) is 11.6 Å². The van der Waals surface area contributed by atoms with Crippen molar-refractivity contribution in [3.63, 3.8) is 0 Å². The summed E-state index contributed by atoms with van der Waals surface area (Å²) in [5.74, 6) is 1.89. The minimum absolute atomic E-state index is 0.169. The van der Waals surface area contributed by atoms with Crippen molar-refractivity contribution in [1.82, 2.24) is 20.2 Å². The smallest absolute Gasteiger partial charge is 0.287 e. The summed E-state index contributed by atoms with van der Waals surface area (Å²) in [6, 6.07) is 3.67. The first-order valence-electron chi connectivity index (χ1n) is 10.1. The molecule has 1 saturated heterocycles. The third kappa shape index (κ3) is 4.38.